The Bertz CT molecular complexity index is 1340. The van der Waals surface area contributed by atoms with Crippen molar-refractivity contribution >= 4 is 29.6 Å². The van der Waals surface area contributed by atoms with Gasteiger partial charge in [-0.3, -0.25) is 4.98 Å². The molecule has 3 aromatic rings. The predicted molar refractivity (Wildman–Crippen MR) is 137 cm³/mol. The number of pyridine rings is 1. The topological polar surface area (TPSA) is 142 Å². The number of aliphatic imine (C=N–C) groups is 1. The summed E-state index contributed by atoms with van der Waals surface area (Å²) in [7, 11) is 0. The molecular formula is C26H26N6O5. The molecule has 11 heteroatoms. The number of aliphatic hydroxyl groups is 1. The molecule has 37 heavy (non-hydrogen) atoms. The van der Waals surface area contributed by atoms with E-state index in [9.17, 15) is 15.0 Å². The summed E-state index contributed by atoms with van der Waals surface area (Å²) < 4.78 is 11.7. The summed E-state index contributed by atoms with van der Waals surface area (Å²) in [5, 5.41) is 22.4. The number of aromatic nitrogens is 3. The Morgan fingerprint density at radius 3 is 2.86 bits per heavy atom. The first-order valence-electron chi connectivity index (χ1n) is 12.0. The Labute approximate surface area is 213 Å². The Balaban J connectivity index is 1.25. The van der Waals surface area contributed by atoms with Gasteiger partial charge in [-0.2, -0.15) is 4.98 Å². The highest BCUT2D eigenvalue weighted by atomic mass is 16.5. The van der Waals surface area contributed by atoms with E-state index in [1.165, 1.54) is 12.1 Å². The Morgan fingerprint density at radius 1 is 1.11 bits per heavy atom. The molecule has 1 aromatic carbocycles. The number of aromatic carboxylic acids is 1. The van der Waals surface area contributed by atoms with Crippen molar-refractivity contribution < 1.29 is 24.5 Å². The Kier molecular flexibility index (Phi) is 7.11. The molecule has 0 spiro atoms. The van der Waals surface area contributed by atoms with Crippen molar-refractivity contribution in [1.82, 2.24) is 15.0 Å². The van der Waals surface area contributed by atoms with Crippen LogP contribution in [-0.2, 0) is 4.74 Å². The fourth-order valence-electron chi connectivity index (χ4n) is 4.08. The molecule has 0 aliphatic carbocycles. The van der Waals surface area contributed by atoms with Gasteiger partial charge in [0.05, 0.1) is 24.5 Å². The molecule has 2 aliphatic heterocycles. The van der Waals surface area contributed by atoms with E-state index in [0.29, 0.717) is 54.4 Å². The van der Waals surface area contributed by atoms with Gasteiger partial charge in [-0.05, 0) is 43.5 Å². The standard InChI is InChI=1S/C26H26N6O5/c33-20-8-3-11-28-25(20)37-19-7-4-12-32(16-19)23-15-27-14-22(30-23)29-21-9-2-10-24(31-21)36-18-6-1-5-17(13-18)26(34)35/h1-2,5-6,9-11,13-15,19,33H,3-4,7-8,12,16H2,(H,34,35)(H,29,30,31). The molecule has 1 atom stereocenters. The summed E-state index contributed by atoms with van der Waals surface area (Å²) in [4.78, 5) is 31.0. The minimum atomic E-state index is -1.03. The van der Waals surface area contributed by atoms with Gasteiger partial charge in [-0.25, -0.2) is 14.8 Å². The number of ether oxygens (including phenoxy) is 2. The van der Waals surface area contributed by atoms with Crippen LogP contribution in [0.3, 0.4) is 0 Å². The third-order valence-corrected chi connectivity index (χ3v) is 5.85. The van der Waals surface area contributed by atoms with E-state index < -0.39 is 5.97 Å². The number of hydrogen-bond donors (Lipinski definition) is 3. The van der Waals surface area contributed by atoms with Gasteiger partial charge < -0.3 is 29.9 Å². The number of aliphatic hydroxyl groups excluding tert-OH is 1. The first kappa shape index (κ1) is 24.0. The van der Waals surface area contributed by atoms with Crippen LogP contribution >= 0.6 is 0 Å². The number of piperidine rings is 1. The van der Waals surface area contributed by atoms with Crippen LogP contribution in [0.15, 0.2) is 71.5 Å². The van der Waals surface area contributed by atoms with Gasteiger partial charge in [0, 0.05) is 25.2 Å². The quantitative estimate of drug-likeness (QED) is 0.397. The van der Waals surface area contributed by atoms with Gasteiger partial charge in [-0.15, -0.1) is 0 Å². The van der Waals surface area contributed by atoms with Crippen LogP contribution in [0.1, 0.15) is 36.0 Å². The van der Waals surface area contributed by atoms with Crippen LogP contribution < -0.4 is 15.0 Å². The highest BCUT2D eigenvalue weighted by molar-refractivity contribution is 5.88. The average molecular weight is 503 g/mol. The van der Waals surface area contributed by atoms with Gasteiger partial charge in [0.15, 0.2) is 11.6 Å². The molecule has 0 radical (unpaired) electrons. The summed E-state index contributed by atoms with van der Waals surface area (Å²) >= 11 is 0. The molecule has 190 valence electrons. The molecule has 0 saturated carbocycles. The molecule has 3 N–H and O–H groups in total. The van der Waals surface area contributed by atoms with E-state index in [-0.39, 0.29) is 17.4 Å². The van der Waals surface area contributed by atoms with Gasteiger partial charge in [-0.1, -0.05) is 12.1 Å². The number of anilines is 3. The lowest BCUT2D eigenvalue weighted by Gasteiger charge is -2.33. The number of carboxylic acid groups (broad SMARTS) is 1. The fourth-order valence-corrected chi connectivity index (χ4v) is 4.08. The molecule has 5 rings (SSSR count). The van der Waals surface area contributed by atoms with Crippen molar-refractivity contribution in [2.45, 2.75) is 31.8 Å². The van der Waals surface area contributed by atoms with Crippen LogP contribution in [-0.4, -0.2) is 56.5 Å². The van der Waals surface area contributed by atoms with Crippen LogP contribution in [0.5, 0.6) is 11.6 Å². The third-order valence-electron chi connectivity index (χ3n) is 5.85. The Hall–Kier alpha value is -4.67. The molecule has 2 aliphatic rings. The van der Waals surface area contributed by atoms with Gasteiger partial charge in [0.2, 0.25) is 5.88 Å². The number of nitrogens with one attached hydrogen (secondary N) is 1. The maximum Gasteiger partial charge on any atom is 0.335 e. The minimum absolute atomic E-state index is 0.116. The first-order chi connectivity index (χ1) is 18.0. The number of benzene rings is 1. The normalized spacial score (nSPS) is 17.4. The van der Waals surface area contributed by atoms with E-state index in [4.69, 9.17) is 14.5 Å². The molecule has 0 bridgehead atoms. The minimum Gasteiger partial charge on any atom is -0.507 e. The second-order valence-electron chi connectivity index (χ2n) is 8.61. The SMILES string of the molecule is O=C(O)c1cccc(Oc2cccc(Nc3cncc(N4CCCC(OC5=C(O)CCC=N5)C4)n3)n2)c1. The third kappa shape index (κ3) is 6.13. The molecule has 2 aromatic heterocycles. The zero-order chi connectivity index (χ0) is 25.6. The van der Waals surface area contributed by atoms with Gasteiger partial charge in [0.1, 0.15) is 23.5 Å². The van der Waals surface area contributed by atoms with Crippen molar-refractivity contribution in [3.05, 3.63) is 72.1 Å². The van der Waals surface area contributed by atoms with Crippen molar-refractivity contribution in [1.29, 1.82) is 0 Å². The first-order valence-corrected chi connectivity index (χ1v) is 12.0. The average Bonchev–Trinajstić information content (AvgIpc) is 2.91. The van der Waals surface area contributed by atoms with E-state index in [1.54, 1.807) is 48.9 Å². The summed E-state index contributed by atoms with van der Waals surface area (Å²) in [6, 6.07) is 11.4. The van der Waals surface area contributed by atoms with Crippen molar-refractivity contribution in [2.24, 2.45) is 4.99 Å². The van der Waals surface area contributed by atoms with Gasteiger partial charge in [0.25, 0.3) is 5.88 Å². The molecule has 1 saturated heterocycles. The Morgan fingerprint density at radius 2 is 2.00 bits per heavy atom. The fraction of sp³-hybridized carbons (Fsp3) is 0.269. The number of hydrogen-bond acceptors (Lipinski definition) is 10. The summed E-state index contributed by atoms with van der Waals surface area (Å²) in [5.41, 5.74) is 0.129. The molecule has 1 fully saturated rings. The maximum atomic E-state index is 11.2. The summed E-state index contributed by atoms with van der Waals surface area (Å²) in [5.74, 6) is 1.84. The number of carboxylic acids is 1. The van der Waals surface area contributed by atoms with Crippen LogP contribution in [0.4, 0.5) is 17.5 Å². The maximum absolute atomic E-state index is 11.2. The zero-order valence-corrected chi connectivity index (χ0v) is 19.9. The second kappa shape index (κ2) is 10.9. The second-order valence-corrected chi connectivity index (χ2v) is 8.61. The van der Waals surface area contributed by atoms with E-state index in [2.05, 4.69) is 25.2 Å². The largest absolute Gasteiger partial charge is 0.507 e. The van der Waals surface area contributed by atoms with Crippen LogP contribution in [0, 0.1) is 0 Å². The molecule has 4 heterocycles. The summed E-state index contributed by atoms with van der Waals surface area (Å²) in [6.07, 6.45) is 7.98. The van der Waals surface area contributed by atoms with Crippen LogP contribution in [0.2, 0.25) is 0 Å². The van der Waals surface area contributed by atoms with Crippen molar-refractivity contribution in [3.8, 4) is 11.6 Å². The lowest BCUT2D eigenvalue weighted by molar-refractivity contribution is 0.0696. The summed E-state index contributed by atoms with van der Waals surface area (Å²) in [6.45, 7) is 1.41. The zero-order valence-electron chi connectivity index (χ0n) is 19.9. The lowest BCUT2D eigenvalue weighted by Crippen LogP contribution is -2.40. The highest BCUT2D eigenvalue weighted by Crippen LogP contribution is 2.26. The van der Waals surface area contributed by atoms with Crippen molar-refractivity contribution in [2.75, 3.05) is 23.3 Å². The highest BCUT2D eigenvalue weighted by Gasteiger charge is 2.25. The molecule has 11 nitrogen and oxygen atoms in total. The molecule has 0 amide bonds. The smallest absolute Gasteiger partial charge is 0.335 e. The predicted octanol–water partition coefficient (Wildman–Crippen LogP) is 4.68. The van der Waals surface area contributed by atoms with Crippen molar-refractivity contribution in [3.63, 3.8) is 0 Å². The number of rotatable bonds is 8. The van der Waals surface area contributed by atoms with Gasteiger partial charge >= 0.3 is 5.97 Å². The molecule has 1 unspecified atom stereocenters. The lowest BCUT2D eigenvalue weighted by atomic mass is 10.1. The van der Waals surface area contributed by atoms with Crippen LogP contribution in [0.25, 0.3) is 0 Å². The number of carbonyl (C=O) groups is 1. The van der Waals surface area contributed by atoms with E-state index in [1.807, 2.05) is 0 Å². The number of nitrogens with zero attached hydrogens (tertiary/aromatic N) is 5. The van der Waals surface area contributed by atoms with E-state index >= 15 is 0 Å². The van der Waals surface area contributed by atoms with E-state index in [0.717, 1.165) is 19.4 Å². The molecular weight excluding hydrogens is 476 g/mol. The number of allylic oxidation sites excluding steroid dienone is 1. The monoisotopic (exact) mass is 502 g/mol.